The molecule has 0 aromatic carbocycles. The fourth-order valence-corrected chi connectivity index (χ4v) is 2.65. The van der Waals surface area contributed by atoms with Crippen LogP contribution in [0.4, 0.5) is 0 Å². The smallest absolute Gasteiger partial charge is 0.0664 e. The topological polar surface area (TPSA) is 32.3 Å². The van der Waals surface area contributed by atoms with Crippen LogP contribution >= 0.6 is 11.3 Å². The number of hydrogen-bond donors (Lipinski definition) is 2. The predicted octanol–water partition coefficient (Wildman–Crippen LogP) is 3.12. The van der Waals surface area contributed by atoms with E-state index in [0.717, 1.165) is 19.3 Å². The van der Waals surface area contributed by atoms with Gasteiger partial charge in [-0.3, -0.25) is 0 Å². The lowest BCUT2D eigenvalue weighted by molar-refractivity contribution is 0.157. The van der Waals surface area contributed by atoms with Crippen molar-refractivity contribution in [3.63, 3.8) is 0 Å². The van der Waals surface area contributed by atoms with Crippen molar-refractivity contribution in [1.82, 2.24) is 5.32 Å². The molecule has 2 N–H and O–H groups in total. The van der Waals surface area contributed by atoms with Crippen molar-refractivity contribution in [2.24, 2.45) is 0 Å². The molecule has 1 aromatic heterocycles. The van der Waals surface area contributed by atoms with E-state index in [4.69, 9.17) is 0 Å². The Balaban J connectivity index is 2.37. The van der Waals surface area contributed by atoms with E-state index in [2.05, 4.69) is 38.2 Å². The van der Waals surface area contributed by atoms with Crippen LogP contribution in [0.2, 0.25) is 0 Å². The highest BCUT2D eigenvalue weighted by Gasteiger charge is 2.09. The number of nitrogens with one attached hydrogen (secondary N) is 1. The second kappa shape index (κ2) is 7.05. The highest BCUT2D eigenvalue weighted by atomic mass is 32.1. The van der Waals surface area contributed by atoms with Gasteiger partial charge in [0, 0.05) is 22.3 Å². The largest absolute Gasteiger partial charge is 0.392 e. The zero-order valence-corrected chi connectivity index (χ0v) is 11.3. The molecule has 0 saturated heterocycles. The van der Waals surface area contributed by atoms with Crippen molar-refractivity contribution < 1.29 is 5.11 Å². The molecule has 2 atom stereocenters. The first-order valence-corrected chi connectivity index (χ1v) is 6.99. The van der Waals surface area contributed by atoms with E-state index in [1.54, 1.807) is 0 Å². The lowest BCUT2D eigenvalue weighted by Gasteiger charge is -2.15. The molecule has 0 aliphatic carbocycles. The zero-order valence-electron chi connectivity index (χ0n) is 10.5. The van der Waals surface area contributed by atoms with E-state index in [9.17, 15) is 5.11 Å². The number of hydrogen-bond acceptors (Lipinski definition) is 3. The van der Waals surface area contributed by atoms with Crippen molar-refractivity contribution in [2.45, 2.75) is 52.2 Å². The molecule has 0 saturated carbocycles. The second-order valence-electron chi connectivity index (χ2n) is 4.23. The molecule has 0 amide bonds. The molecule has 1 heterocycles. The van der Waals surface area contributed by atoms with Crippen LogP contribution in [0.15, 0.2) is 12.1 Å². The summed E-state index contributed by atoms with van der Waals surface area (Å²) in [5, 5.41) is 13.0. The van der Waals surface area contributed by atoms with Gasteiger partial charge in [0.25, 0.3) is 0 Å². The van der Waals surface area contributed by atoms with E-state index in [1.165, 1.54) is 9.75 Å². The second-order valence-corrected chi connectivity index (χ2v) is 5.43. The maximum Gasteiger partial charge on any atom is 0.0664 e. The van der Waals surface area contributed by atoms with Crippen molar-refractivity contribution in [1.29, 1.82) is 0 Å². The molecule has 16 heavy (non-hydrogen) atoms. The summed E-state index contributed by atoms with van der Waals surface area (Å²) in [4.78, 5) is 2.79. The molecule has 0 fully saturated rings. The summed E-state index contributed by atoms with van der Waals surface area (Å²) < 4.78 is 0. The van der Waals surface area contributed by atoms with Crippen LogP contribution in [0.3, 0.4) is 0 Å². The minimum Gasteiger partial charge on any atom is -0.392 e. The lowest BCUT2D eigenvalue weighted by atomic mass is 10.2. The third-order valence-corrected chi connectivity index (χ3v) is 4.15. The molecule has 0 spiro atoms. The highest BCUT2D eigenvalue weighted by molar-refractivity contribution is 7.12. The van der Waals surface area contributed by atoms with Gasteiger partial charge in [0.1, 0.15) is 0 Å². The molecule has 1 aromatic rings. The third-order valence-electron chi connectivity index (χ3n) is 2.74. The van der Waals surface area contributed by atoms with Gasteiger partial charge in [-0.05, 0) is 31.9 Å². The maximum atomic E-state index is 9.64. The minimum atomic E-state index is -0.210. The van der Waals surface area contributed by atoms with E-state index in [1.807, 2.05) is 11.3 Å². The van der Waals surface area contributed by atoms with Gasteiger partial charge >= 0.3 is 0 Å². The summed E-state index contributed by atoms with van der Waals surface area (Å²) in [5.41, 5.74) is 0. The average Bonchev–Trinajstić information content (AvgIpc) is 2.75. The molecular formula is C13H23NOS. The highest BCUT2D eigenvalue weighted by Crippen LogP contribution is 2.23. The molecule has 92 valence electrons. The molecular weight excluding hydrogens is 218 g/mol. The van der Waals surface area contributed by atoms with Gasteiger partial charge in [-0.25, -0.2) is 0 Å². The summed E-state index contributed by atoms with van der Waals surface area (Å²) in [6, 6.07) is 4.73. The summed E-state index contributed by atoms with van der Waals surface area (Å²) in [6.07, 6.45) is 2.81. The Morgan fingerprint density at radius 1 is 1.38 bits per heavy atom. The zero-order chi connectivity index (χ0) is 12.0. The van der Waals surface area contributed by atoms with Crippen molar-refractivity contribution in [3.05, 3.63) is 21.9 Å². The van der Waals surface area contributed by atoms with Crippen LogP contribution < -0.4 is 5.32 Å². The Morgan fingerprint density at radius 2 is 2.12 bits per heavy atom. The summed E-state index contributed by atoms with van der Waals surface area (Å²) in [6.45, 7) is 7.12. The molecule has 0 aliphatic heterocycles. The fraction of sp³-hybridized carbons (Fsp3) is 0.692. The van der Waals surface area contributed by atoms with Crippen LogP contribution in [0.1, 0.15) is 49.4 Å². The molecule has 1 rings (SSSR count). The Hall–Kier alpha value is -0.380. The molecule has 0 aliphatic rings. The number of aryl methyl sites for hydroxylation is 1. The van der Waals surface area contributed by atoms with E-state index in [-0.39, 0.29) is 6.10 Å². The van der Waals surface area contributed by atoms with Crippen LogP contribution in [0, 0.1) is 0 Å². The first-order chi connectivity index (χ1) is 7.67. The van der Waals surface area contributed by atoms with E-state index >= 15 is 0 Å². The number of aliphatic hydroxyl groups is 1. The Bertz CT molecular complexity index is 298. The van der Waals surface area contributed by atoms with E-state index in [0.29, 0.717) is 12.6 Å². The fourth-order valence-electron chi connectivity index (χ4n) is 1.67. The van der Waals surface area contributed by atoms with Gasteiger partial charge in [-0.2, -0.15) is 0 Å². The van der Waals surface area contributed by atoms with Gasteiger partial charge < -0.3 is 10.4 Å². The molecule has 0 radical (unpaired) electrons. The molecule has 3 heteroatoms. The van der Waals surface area contributed by atoms with Gasteiger partial charge in [-0.1, -0.05) is 20.3 Å². The van der Waals surface area contributed by atoms with E-state index < -0.39 is 0 Å². The maximum absolute atomic E-state index is 9.64. The molecule has 2 nitrogen and oxygen atoms in total. The summed E-state index contributed by atoms with van der Waals surface area (Å²) >= 11 is 1.86. The van der Waals surface area contributed by atoms with Crippen LogP contribution in [0.5, 0.6) is 0 Å². The van der Waals surface area contributed by atoms with Crippen LogP contribution in [0.25, 0.3) is 0 Å². The first kappa shape index (κ1) is 13.7. The van der Waals surface area contributed by atoms with Crippen molar-refractivity contribution >= 4 is 11.3 Å². The minimum absolute atomic E-state index is 0.210. The monoisotopic (exact) mass is 241 g/mol. The lowest BCUT2D eigenvalue weighted by Crippen LogP contribution is -2.28. The van der Waals surface area contributed by atoms with Crippen LogP contribution in [-0.2, 0) is 6.42 Å². The molecule has 0 bridgehead atoms. The quantitative estimate of drug-likeness (QED) is 0.769. The van der Waals surface area contributed by atoms with Gasteiger partial charge in [0.15, 0.2) is 0 Å². The standard InChI is InChI=1S/C13H23NOS/c1-4-6-11(15)9-14-10(3)13-8-7-12(5-2)16-13/h7-8,10-11,14-15H,4-6,9H2,1-3H3. The summed E-state index contributed by atoms with van der Waals surface area (Å²) in [7, 11) is 0. The SMILES string of the molecule is CCCC(O)CNC(C)c1ccc(CC)s1. The number of thiophene rings is 1. The Kier molecular flexibility index (Phi) is 6.03. The normalized spacial score (nSPS) is 15.0. The Morgan fingerprint density at radius 3 is 2.69 bits per heavy atom. The van der Waals surface area contributed by atoms with Gasteiger partial charge in [-0.15, -0.1) is 11.3 Å². The van der Waals surface area contributed by atoms with Crippen molar-refractivity contribution in [2.75, 3.05) is 6.54 Å². The van der Waals surface area contributed by atoms with Crippen LogP contribution in [-0.4, -0.2) is 17.8 Å². The number of rotatable bonds is 7. The Labute approximate surface area is 103 Å². The molecule has 2 unspecified atom stereocenters. The first-order valence-electron chi connectivity index (χ1n) is 6.17. The van der Waals surface area contributed by atoms with Gasteiger partial charge in [0.2, 0.25) is 0 Å². The summed E-state index contributed by atoms with van der Waals surface area (Å²) in [5.74, 6) is 0. The number of aliphatic hydroxyl groups excluding tert-OH is 1. The predicted molar refractivity (Wildman–Crippen MR) is 71.0 cm³/mol. The average molecular weight is 241 g/mol. The van der Waals surface area contributed by atoms with Crippen molar-refractivity contribution in [3.8, 4) is 0 Å². The third kappa shape index (κ3) is 4.24. The van der Waals surface area contributed by atoms with Gasteiger partial charge in [0.05, 0.1) is 6.10 Å².